The average molecular weight is 525 g/mol. The van der Waals surface area contributed by atoms with E-state index in [4.69, 9.17) is 21.3 Å². The first-order chi connectivity index (χ1) is 17.1. The van der Waals surface area contributed by atoms with Crippen LogP contribution in [0, 0.1) is 0 Å². The number of halogens is 1. The van der Waals surface area contributed by atoms with Crippen molar-refractivity contribution >= 4 is 55.5 Å². The predicted octanol–water partition coefficient (Wildman–Crippen LogP) is 5.85. The van der Waals surface area contributed by atoms with Gasteiger partial charge in [0.05, 0.1) is 16.9 Å². The molecule has 8 nitrogen and oxygen atoms in total. The van der Waals surface area contributed by atoms with E-state index < -0.39 is 0 Å². The van der Waals surface area contributed by atoms with E-state index in [0.29, 0.717) is 29.7 Å². The zero-order chi connectivity index (χ0) is 25.6. The Morgan fingerprint density at radius 1 is 1.17 bits per heavy atom. The highest BCUT2D eigenvalue weighted by Crippen LogP contribution is 2.41. The Kier molecular flexibility index (Phi) is 6.48. The number of anilines is 1. The van der Waals surface area contributed by atoms with Gasteiger partial charge in [0.2, 0.25) is 17.0 Å². The lowest BCUT2D eigenvalue weighted by Gasteiger charge is -2.31. The van der Waals surface area contributed by atoms with Crippen LogP contribution in [0.1, 0.15) is 49.5 Å². The van der Waals surface area contributed by atoms with E-state index in [2.05, 4.69) is 53.2 Å². The van der Waals surface area contributed by atoms with Crippen molar-refractivity contribution in [3.8, 4) is 11.8 Å². The number of carbonyl (C=O) groups is 1. The fourth-order valence-corrected chi connectivity index (χ4v) is 5.39. The van der Waals surface area contributed by atoms with Gasteiger partial charge in [0.1, 0.15) is 4.88 Å². The molecule has 0 spiro atoms. The summed E-state index contributed by atoms with van der Waals surface area (Å²) in [5.74, 6) is 0.719. The molecular weight excluding hydrogens is 496 g/mol. The molecule has 4 heterocycles. The number of carbonyl (C=O) groups excluding carboxylic acids is 1. The van der Waals surface area contributed by atoms with Gasteiger partial charge in [0.15, 0.2) is 0 Å². The van der Waals surface area contributed by atoms with Crippen molar-refractivity contribution in [3.63, 3.8) is 0 Å². The molecule has 188 valence electrons. The Bertz CT molecular complexity index is 1460. The molecule has 36 heavy (non-hydrogen) atoms. The van der Waals surface area contributed by atoms with E-state index in [0.717, 1.165) is 38.8 Å². The second kappa shape index (κ2) is 9.46. The highest BCUT2D eigenvalue weighted by Gasteiger charge is 2.26. The van der Waals surface area contributed by atoms with Crippen molar-refractivity contribution in [1.29, 1.82) is 0 Å². The Balaban J connectivity index is 1.47. The van der Waals surface area contributed by atoms with E-state index in [1.807, 2.05) is 31.3 Å². The van der Waals surface area contributed by atoms with Crippen LogP contribution in [0.15, 0.2) is 30.3 Å². The monoisotopic (exact) mass is 524 g/mol. The fourth-order valence-electron chi connectivity index (χ4n) is 4.10. The molecule has 0 saturated heterocycles. The molecule has 0 fully saturated rings. The summed E-state index contributed by atoms with van der Waals surface area (Å²) in [4.78, 5) is 29.0. The molecule has 0 aliphatic carbocycles. The highest BCUT2D eigenvalue weighted by molar-refractivity contribution is 7.21. The molecule has 4 aromatic rings. The zero-order valence-electron chi connectivity index (χ0n) is 21.0. The number of fused-ring (bicyclic) bond motifs is 5. The zero-order valence-corrected chi connectivity index (χ0v) is 22.5. The Labute approximate surface area is 219 Å². The summed E-state index contributed by atoms with van der Waals surface area (Å²) in [6, 6.07) is 9.63. The summed E-state index contributed by atoms with van der Waals surface area (Å²) >= 11 is 7.69. The van der Waals surface area contributed by atoms with Gasteiger partial charge in [-0.3, -0.25) is 9.69 Å². The third-order valence-corrected chi connectivity index (χ3v) is 7.86. The molecule has 1 aliphatic rings. The first-order valence-corrected chi connectivity index (χ1v) is 13.2. The van der Waals surface area contributed by atoms with Crippen LogP contribution in [-0.4, -0.2) is 50.9 Å². The lowest BCUT2D eigenvalue weighted by Crippen LogP contribution is -2.37. The molecule has 2 N–H and O–H groups in total. The lowest BCUT2D eigenvalue weighted by molar-refractivity contribution is 0.0945. The Hall–Kier alpha value is -3.01. The third kappa shape index (κ3) is 4.83. The normalized spacial score (nSPS) is 16.1. The summed E-state index contributed by atoms with van der Waals surface area (Å²) in [5, 5.41) is 8.70. The van der Waals surface area contributed by atoms with Gasteiger partial charge in [-0.15, -0.1) is 11.3 Å². The molecule has 0 unspecified atom stereocenters. The third-order valence-electron chi connectivity index (χ3n) is 6.54. The van der Waals surface area contributed by atoms with Crippen LogP contribution in [0.3, 0.4) is 0 Å². The van der Waals surface area contributed by atoms with E-state index in [1.165, 1.54) is 11.3 Å². The lowest BCUT2D eigenvalue weighted by atomic mass is 10.1. The standard InChI is InChI=1S/C26H29ClN6O2S/c1-6-14-12-28-22-21-16-7-10-19(31-17(16)8-9-18(21)36-23(22)24(34)29-14)35-20-11-15(30-25(27)32-20)13-33(5)26(2,3)4/h7-11,14,28H,6,12-13H2,1-5H3,(H,29,34)/t14-/m1/s1. The molecule has 1 atom stereocenters. The van der Waals surface area contributed by atoms with Crippen LogP contribution in [0.25, 0.3) is 21.0 Å². The number of benzene rings is 1. The van der Waals surface area contributed by atoms with E-state index in [-0.39, 0.29) is 22.8 Å². The maximum absolute atomic E-state index is 12.8. The Morgan fingerprint density at radius 3 is 2.72 bits per heavy atom. The summed E-state index contributed by atoms with van der Waals surface area (Å²) < 4.78 is 7.04. The number of ether oxygens (including phenoxy) is 1. The van der Waals surface area contributed by atoms with Crippen molar-refractivity contribution in [2.24, 2.45) is 0 Å². The van der Waals surface area contributed by atoms with Crippen LogP contribution in [0.5, 0.6) is 11.8 Å². The SMILES string of the molecule is CC[C@@H]1CNc2c(sc3ccc4nc(Oc5cc(CN(C)C(C)(C)C)nc(Cl)n5)ccc4c23)C(=O)N1. The van der Waals surface area contributed by atoms with Gasteiger partial charge in [-0.25, -0.2) is 9.97 Å². The minimum atomic E-state index is -0.0299. The fraction of sp³-hybridized carbons (Fsp3) is 0.385. The maximum Gasteiger partial charge on any atom is 0.263 e. The predicted molar refractivity (Wildman–Crippen MR) is 145 cm³/mol. The number of nitrogens with zero attached hydrogens (tertiary/aromatic N) is 4. The molecule has 3 aromatic heterocycles. The molecule has 5 rings (SSSR count). The summed E-state index contributed by atoms with van der Waals surface area (Å²) in [5.41, 5.74) is 2.39. The first-order valence-electron chi connectivity index (χ1n) is 12.0. The maximum atomic E-state index is 12.8. The second-order valence-corrected chi connectivity index (χ2v) is 11.4. The average Bonchev–Trinajstić information content (AvgIpc) is 3.12. The second-order valence-electron chi connectivity index (χ2n) is 10.0. The number of pyridine rings is 1. The number of hydrogen-bond donors (Lipinski definition) is 2. The molecule has 0 saturated carbocycles. The van der Waals surface area contributed by atoms with Crippen molar-refractivity contribution in [1.82, 2.24) is 25.2 Å². The van der Waals surface area contributed by atoms with Crippen molar-refractivity contribution in [3.05, 3.63) is 46.2 Å². The molecule has 1 aromatic carbocycles. The number of rotatable bonds is 5. The van der Waals surface area contributed by atoms with Gasteiger partial charge in [0, 0.05) is 52.3 Å². The van der Waals surface area contributed by atoms with Crippen LogP contribution in [0.2, 0.25) is 5.28 Å². The van der Waals surface area contributed by atoms with Gasteiger partial charge < -0.3 is 15.4 Å². The molecular formula is C26H29ClN6O2S. The molecule has 0 radical (unpaired) electrons. The number of aromatic nitrogens is 3. The van der Waals surface area contributed by atoms with Gasteiger partial charge in [-0.05, 0) is 64.0 Å². The minimum Gasteiger partial charge on any atom is -0.421 e. The quantitative estimate of drug-likeness (QED) is 0.316. The van der Waals surface area contributed by atoms with Gasteiger partial charge >= 0.3 is 0 Å². The largest absolute Gasteiger partial charge is 0.421 e. The summed E-state index contributed by atoms with van der Waals surface area (Å²) in [6.07, 6.45) is 0.871. The first kappa shape index (κ1) is 24.7. The van der Waals surface area contributed by atoms with Crippen molar-refractivity contribution < 1.29 is 9.53 Å². The van der Waals surface area contributed by atoms with E-state index in [1.54, 1.807) is 6.07 Å². The van der Waals surface area contributed by atoms with Crippen LogP contribution >= 0.6 is 22.9 Å². The van der Waals surface area contributed by atoms with E-state index >= 15 is 0 Å². The van der Waals surface area contributed by atoms with Crippen molar-refractivity contribution in [2.75, 3.05) is 18.9 Å². The Morgan fingerprint density at radius 2 is 1.97 bits per heavy atom. The van der Waals surface area contributed by atoms with Crippen LogP contribution in [-0.2, 0) is 6.54 Å². The topological polar surface area (TPSA) is 92.3 Å². The molecule has 0 bridgehead atoms. The molecule has 1 amide bonds. The number of amides is 1. The minimum absolute atomic E-state index is 0.0173. The van der Waals surface area contributed by atoms with Gasteiger partial charge in [-0.1, -0.05) is 6.92 Å². The number of thiophene rings is 1. The smallest absolute Gasteiger partial charge is 0.263 e. The van der Waals surface area contributed by atoms with Gasteiger partial charge in [-0.2, -0.15) is 4.98 Å². The number of nitrogens with one attached hydrogen (secondary N) is 2. The van der Waals surface area contributed by atoms with Crippen LogP contribution in [0.4, 0.5) is 5.69 Å². The molecule has 1 aliphatic heterocycles. The van der Waals surface area contributed by atoms with Crippen LogP contribution < -0.4 is 15.4 Å². The highest BCUT2D eigenvalue weighted by atomic mass is 35.5. The summed E-state index contributed by atoms with van der Waals surface area (Å²) in [6.45, 7) is 9.78. The molecule has 10 heteroatoms. The van der Waals surface area contributed by atoms with E-state index in [9.17, 15) is 4.79 Å². The summed E-state index contributed by atoms with van der Waals surface area (Å²) in [7, 11) is 2.04. The number of hydrogen-bond acceptors (Lipinski definition) is 8. The van der Waals surface area contributed by atoms with Crippen molar-refractivity contribution in [2.45, 2.75) is 52.2 Å². The van der Waals surface area contributed by atoms with Gasteiger partial charge in [0.25, 0.3) is 5.91 Å².